The average molecular weight is 1220 g/mol. The molecule has 0 fully saturated rings. The molecule has 0 aliphatic rings. The fourth-order valence-corrected chi connectivity index (χ4v) is 14.2. The third kappa shape index (κ3) is 9.88. The molecule has 0 bridgehead atoms. The fourth-order valence-electron chi connectivity index (χ4n) is 13.7. The summed E-state index contributed by atoms with van der Waals surface area (Å²) < 4.78 is 65.3. The van der Waals surface area contributed by atoms with Gasteiger partial charge in [0.25, 0.3) is 0 Å². The molecule has 0 unspecified atom stereocenters. The van der Waals surface area contributed by atoms with Crippen molar-refractivity contribution in [3.8, 4) is 39.1 Å². The number of benzene rings is 18. The molecule has 0 aliphatic heterocycles. The first-order valence-corrected chi connectivity index (χ1v) is 31.3. The highest BCUT2D eigenvalue weighted by Crippen LogP contribution is 2.46. The van der Waals surface area contributed by atoms with Gasteiger partial charge in [-0.25, -0.2) is 0 Å². The van der Waals surface area contributed by atoms with Gasteiger partial charge in [0.05, 0.1) is 0 Å². The van der Waals surface area contributed by atoms with Crippen molar-refractivity contribution in [1.82, 2.24) is 0 Å². The molecule has 0 saturated heterocycles. The van der Waals surface area contributed by atoms with E-state index >= 15 is 0 Å². The van der Waals surface area contributed by atoms with Crippen LogP contribution in [0, 0.1) is 7.43 Å². The lowest BCUT2D eigenvalue weighted by molar-refractivity contribution is -0.0500. The highest BCUT2D eigenvalue weighted by Gasteiger charge is 2.48. The lowest BCUT2D eigenvalue weighted by Crippen LogP contribution is -2.29. The molecule has 10 heteroatoms. The van der Waals surface area contributed by atoms with Crippen molar-refractivity contribution in [3.05, 3.63) is 299 Å². The van der Waals surface area contributed by atoms with E-state index in [9.17, 15) is 21.6 Å². The Labute approximate surface area is 528 Å². The Morgan fingerprint density at radius 3 is 1.09 bits per heavy atom. The van der Waals surface area contributed by atoms with E-state index in [4.69, 9.17) is 10.0 Å². The summed E-state index contributed by atoms with van der Waals surface area (Å²) in [5.41, 5.74) is 2.05. The zero-order valence-electron chi connectivity index (χ0n) is 49.5. The van der Waals surface area contributed by atoms with E-state index in [-0.39, 0.29) is 7.43 Å². The van der Waals surface area contributed by atoms with Crippen LogP contribution in [0.15, 0.2) is 291 Å². The van der Waals surface area contributed by atoms with Crippen molar-refractivity contribution in [2.45, 2.75) is 5.51 Å². The van der Waals surface area contributed by atoms with E-state index in [1.165, 1.54) is 137 Å². The molecule has 0 spiro atoms. The molecule has 0 saturated carbocycles. The van der Waals surface area contributed by atoms with Crippen LogP contribution in [-0.2, 0) is 10.1 Å². The summed E-state index contributed by atoms with van der Waals surface area (Å²) in [5.74, 6) is -0.391. The van der Waals surface area contributed by atoms with Crippen molar-refractivity contribution in [1.29, 1.82) is 0 Å². The van der Waals surface area contributed by atoms with Gasteiger partial charge in [0.15, 0.2) is 0 Å². The van der Waals surface area contributed by atoms with Crippen LogP contribution in [0.5, 0.6) is 5.75 Å². The Hall–Kier alpha value is -10.9. The summed E-state index contributed by atoms with van der Waals surface area (Å²) in [6.07, 6.45) is 0. The standard InChI is InChI=1S/C40H24.C31H17F3O3S.C10H9BO2.CH3/c1-2-7-27-22-28(13-12-25(27)6-1)29-14-15-31-24-32(17-16-30(31)23-29)33-20-21-38-35-10-4-3-9-34(35)36-11-5-8-26-18-19-37(33)40(38)39(26)36;32-31(33,34)38(35,36)37-22-12-10-19-16-21(9-8-20(19)17-22)23-14-15-28-25-6-2-1-5-24(25)26-7-3-4-18-11-13-27(23)30(28)29(18)26;12-11(13)10-6-5-8-3-1-2-4-9(8)7-10;/h1-24H;1-17H;1-7,12-13H;1H3/q;;;-1. The van der Waals surface area contributed by atoms with Gasteiger partial charge < -0.3 is 21.7 Å². The smallest absolute Gasteiger partial charge is 0.423 e. The molecule has 92 heavy (non-hydrogen) atoms. The number of halogens is 3. The second-order valence-corrected chi connectivity index (χ2v) is 24.8. The lowest BCUT2D eigenvalue weighted by atomic mass is 9.79. The second-order valence-electron chi connectivity index (χ2n) is 23.2. The van der Waals surface area contributed by atoms with Gasteiger partial charge in [-0.3, -0.25) is 0 Å². The molecule has 0 aliphatic carbocycles. The quantitative estimate of drug-likeness (QED) is 0.0433. The number of alkyl halides is 3. The predicted molar refractivity (Wildman–Crippen MR) is 380 cm³/mol. The van der Waals surface area contributed by atoms with Crippen LogP contribution in [0.2, 0.25) is 0 Å². The van der Waals surface area contributed by atoms with Gasteiger partial charge in [0.2, 0.25) is 0 Å². The largest absolute Gasteiger partial charge is 0.534 e. The maximum atomic E-state index is 12.7. The molecule has 18 aromatic rings. The number of fused-ring (bicyclic) bond motifs is 10. The zero-order chi connectivity index (χ0) is 61.7. The molecule has 5 nitrogen and oxygen atoms in total. The van der Waals surface area contributed by atoms with E-state index < -0.39 is 28.5 Å². The molecule has 0 radical (unpaired) electrons. The van der Waals surface area contributed by atoms with Crippen LogP contribution in [-0.4, -0.2) is 31.1 Å². The van der Waals surface area contributed by atoms with E-state index in [1.54, 1.807) is 24.3 Å². The van der Waals surface area contributed by atoms with Crippen molar-refractivity contribution in [3.63, 3.8) is 0 Å². The second kappa shape index (κ2) is 22.6. The first-order valence-electron chi connectivity index (χ1n) is 29.9. The third-order valence-electron chi connectivity index (χ3n) is 18.0. The van der Waals surface area contributed by atoms with Crippen LogP contribution >= 0.6 is 0 Å². The molecular formula is C82H53BF3O5S-. The summed E-state index contributed by atoms with van der Waals surface area (Å²) in [6, 6.07) is 100.0. The van der Waals surface area contributed by atoms with Crippen molar-refractivity contribution >= 4 is 152 Å². The van der Waals surface area contributed by atoms with Gasteiger partial charge >= 0.3 is 22.7 Å². The Morgan fingerprint density at radius 2 is 0.620 bits per heavy atom. The number of hydrogen-bond acceptors (Lipinski definition) is 5. The Balaban J connectivity index is 0.000000127. The van der Waals surface area contributed by atoms with Crippen LogP contribution in [0.1, 0.15) is 0 Å². The fraction of sp³-hybridized carbons (Fsp3) is 0.0122. The summed E-state index contributed by atoms with van der Waals surface area (Å²) >= 11 is 0. The van der Waals surface area contributed by atoms with Crippen molar-refractivity contribution in [2.75, 3.05) is 0 Å². The summed E-state index contributed by atoms with van der Waals surface area (Å²) in [7, 11) is -7.12. The van der Waals surface area contributed by atoms with Crippen LogP contribution in [0.3, 0.4) is 0 Å². The maximum absolute atomic E-state index is 12.7. The Morgan fingerprint density at radius 1 is 0.293 bits per heavy atom. The van der Waals surface area contributed by atoms with E-state index in [0.29, 0.717) is 10.8 Å². The first kappa shape index (κ1) is 57.6. The highest BCUT2D eigenvalue weighted by molar-refractivity contribution is 7.88. The molecule has 0 heterocycles. The van der Waals surface area contributed by atoms with E-state index in [2.05, 4.69) is 210 Å². The van der Waals surface area contributed by atoms with Gasteiger partial charge in [-0.15, -0.1) is 0 Å². The molecule has 442 valence electrons. The van der Waals surface area contributed by atoms with Crippen LogP contribution < -0.4 is 9.65 Å². The summed E-state index contributed by atoms with van der Waals surface area (Å²) in [5, 5.41) is 46.5. The Bertz CT molecular complexity index is 6070. The first-order chi connectivity index (χ1) is 44.3. The van der Waals surface area contributed by atoms with Gasteiger partial charge in [-0.05, 0) is 205 Å². The maximum Gasteiger partial charge on any atom is 0.534 e. The van der Waals surface area contributed by atoms with Gasteiger partial charge in [0, 0.05) is 0 Å². The van der Waals surface area contributed by atoms with Gasteiger partial charge in [0.1, 0.15) is 5.75 Å². The lowest BCUT2D eigenvalue weighted by Gasteiger charge is -2.17. The molecule has 0 atom stereocenters. The molecule has 18 aromatic carbocycles. The summed E-state index contributed by atoms with van der Waals surface area (Å²) in [6.45, 7) is 0. The minimum absolute atomic E-state index is 0. The normalized spacial score (nSPS) is 12.0. The zero-order valence-corrected chi connectivity index (χ0v) is 50.3. The van der Waals surface area contributed by atoms with Crippen molar-refractivity contribution in [2.24, 2.45) is 0 Å². The predicted octanol–water partition coefficient (Wildman–Crippen LogP) is 21.1. The Kier molecular flexibility index (Phi) is 14.1. The minimum atomic E-state index is -5.74. The molecule has 0 amide bonds. The topological polar surface area (TPSA) is 83.8 Å². The third-order valence-corrected chi connectivity index (χ3v) is 19.0. The SMILES string of the molecule is O=S(=O)(Oc1ccc2cc(-c3ccc4c5ccccc5c5cccc6ccc3c4c65)ccc2c1)C(F)(F)F.OB(O)c1ccc2ccccc2c1.[CH3-].c1ccc2cc(-c3ccc4cc(-c5ccc6c7ccccc7c7cccc8ccc5c6c87)ccc4c3)ccc2c1. The number of hydrogen-bond donors (Lipinski definition) is 2. The molecule has 2 N–H and O–H groups in total. The highest BCUT2D eigenvalue weighted by atomic mass is 32.2. The van der Waals surface area contributed by atoms with E-state index in [0.717, 1.165) is 32.7 Å². The molecule has 0 aromatic heterocycles. The summed E-state index contributed by atoms with van der Waals surface area (Å²) in [4.78, 5) is 0. The monoisotopic (exact) mass is 1220 g/mol. The van der Waals surface area contributed by atoms with Gasteiger partial charge in [-0.2, -0.15) is 21.6 Å². The van der Waals surface area contributed by atoms with E-state index in [1.807, 2.05) is 48.5 Å². The van der Waals surface area contributed by atoms with Crippen LogP contribution in [0.25, 0.3) is 163 Å². The van der Waals surface area contributed by atoms with Gasteiger partial charge in [-0.1, -0.05) is 255 Å². The number of rotatable bonds is 6. The van der Waals surface area contributed by atoms with Crippen molar-refractivity contribution < 1.29 is 35.8 Å². The molecule has 18 rings (SSSR count). The molecular weight excluding hydrogens is 1160 g/mol. The van der Waals surface area contributed by atoms with Crippen LogP contribution in [0.4, 0.5) is 13.2 Å². The minimum Gasteiger partial charge on any atom is -0.423 e. The average Bonchev–Trinajstić information content (AvgIpc) is 0.725.